The van der Waals surface area contributed by atoms with Gasteiger partial charge in [0.25, 0.3) is 0 Å². The predicted octanol–water partition coefficient (Wildman–Crippen LogP) is 2.45. The first-order valence-corrected chi connectivity index (χ1v) is 7.26. The molecule has 3 nitrogen and oxygen atoms in total. The molecule has 1 aliphatic heterocycles. The second-order valence-corrected chi connectivity index (χ2v) is 4.51. The van der Waals surface area contributed by atoms with Crippen molar-refractivity contribution in [2.24, 2.45) is 0 Å². The maximum absolute atomic E-state index is 3.57. The summed E-state index contributed by atoms with van der Waals surface area (Å²) in [7, 11) is 0. The largest absolute Gasteiger partial charge is 0.412 e. The third kappa shape index (κ3) is 6.39. The van der Waals surface area contributed by atoms with E-state index in [2.05, 4.69) is 24.1 Å². The molecule has 2 rings (SSSR count). The van der Waals surface area contributed by atoms with Crippen molar-refractivity contribution in [2.75, 3.05) is 13.1 Å². The summed E-state index contributed by atoms with van der Waals surface area (Å²) in [5, 5.41) is 3.57. The van der Waals surface area contributed by atoms with Crippen LogP contribution in [0.4, 0.5) is 0 Å². The first-order valence-electron chi connectivity index (χ1n) is 7.26. The van der Waals surface area contributed by atoms with Gasteiger partial charge in [-0.25, -0.2) is 0 Å². The Balaban J connectivity index is 0. The molecule has 0 aromatic heterocycles. The lowest BCUT2D eigenvalue weighted by molar-refractivity contribution is 0.0775. The summed E-state index contributed by atoms with van der Waals surface area (Å²) in [4.78, 5) is 2.68. The van der Waals surface area contributed by atoms with Crippen LogP contribution in [0.15, 0.2) is 0 Å². The van der Waals surface area contributed by atoms with E-state index in [0.29, 0.717) is 12.1 Å². The fourth-order valence-corrected chi connectivity index (χ4v) is 2.42. The number of nitrogens with zero attached hydrogens (tertiary/aromatic N) is 1. The predicted molar refractivity (Wildman–Crippen MR) is 77.6 cm³/mol. The fourth-order valence-electron chi connectivity index (χ4n) is 2.42. The number of hydrogen-bond donors (Lipinski definition) is 1. The van der Waals surface area contributed by atoms with Crippen LogP contribution in [0.5, 0.6) is 0 Å². The van der Waals surface area contributed by atoms with Crippen LogP contribution in [0, 0.1) is 0 Å². The van der Waals surface area contributed by atoms with E-state index in [-0.39, 0.29) is 5.48 Å². The maximum Gasteiger partial charge on any atom is 0.0169 e. The SMILES string of the molecule is CC.CC.C[C@@H]1CN(C2CCC2)C[C@@H](C)N1.O. The first-order chi connectivity index (χ1) is 7.75. The summed E-state index contributed by atoms with van der Waals surface area (Å²) in [5.74, 6) is 0. The highest BCUT2D eigenvalue weighted by molar-refractivity contribution is 4.88. The second-order valence-electron chi connectivity index (χ2n) is 4.51. The number of piperazine rings is 1. The topological polar surface area (TPSA) is 46.8 Å². The Kier molecular flexibility index (Phi) is 12.4. The average molecular weight is 246 g/mol. The quantitative estimate of drug-likeness (QED) is 0.772. The van der Waals surface area contributed by atoms with Crippen molar-refractivity contribution < 1.29 is 5.48 Å². The lowest BCUT2D eigenvalue weighted by Crippen LogP contribution is -2.58. The van der Waals surface area contributed by atoms with E-state index in [4.69, 9.17) is 0 Å². The summed E-state index contributed by atoms with van der Waals surface area (Å²) in [6.07, 6.45) is 4.34. The third-order valence-electron chi connectivity index (χ3n) is 3.18. The van der Waals surface area contributed by atoms with Crippen LogP contribution in [0.1, 0.15) is 60.8 Å². The van der Waals surface area contributed by atoms with Crippen LogP contribution in [-0.2, 0) is 0 Å². The van der Waals surface area contributed by atoms with Gasteiger partial charge in [0.15, 0.2) is 0 Å². The zero-order valence-corrected chi connectivity index (χ0v) is 12.7. The Morgan fingerprint density at radius 2 is 1.29 bits per heavy atom. The normalized spacial score (nSPS) is 28.6. The smallest absolute Gasteiger partial charge is 0.0169 e. The van der Waals surface area contributed by atoms with Crippen molar-refractivity contribution >= 4 is 0 Å². The minimum absolute atomic E-state index is 0. The molecule has 3 heteroatoms. The summed E-state index contributed by atoms with van der Waals surface area (Å²) in [5.41, 5.74) is 0. The van der Waals surface area contributed by atoms with E-state index in [1.54, 1.807) is 0 Å². The molecule has 2 fully saturated rings. The van der Waals surface area contributed by atoms with Gasteiger partial charge in [0.2, 0.25) is 0 Å². The Bertz CT molecular complexity index is 150. The monoisotopic (exact) mass is 246 g/mol. The molecule has 1 saturated heterocycles. The van der Waals surface area contributed by atoms with Crippen LogP contribution >= 0.6 is 0 Å². The van der Waals surface area contributed by atoms with Gasteiger partial charge in [0.1, 0.15) is 0 Å². The molecular formula is C14H34N2O. The molecule has 0 amide bonds. The molecule has 0 bridgehead atoms. The summed E-state index contributed by atoms with van der Waals surface area (Å²) < 4.78 is 0. The van der Waals surface area contributed by atoms with Gasteiger partial charge in [-0.1, -0.05) is 34.1 Å². The zero-order chi connectivity index (χ0) is 12.6. The molecule has 17 heavy (non-hydrogen) atoms. The van der Waals surface area contributed by atoms with Gasteiger partial charge >= 0.3 is 0 Å². The summed E-state index contributed by atoms with van der Waals surface area (Å²) in [6.45, 7) is 15.1. The third-order valence-corrected chi connectivity index (χ3v) is 3.18. The van der Waals surface area contributed by atoms with E-state index in [1.807, 2.05) is 27.7 Å². The molecule has 1 saturated carbocycles. The molecule has 1 heterocycles. The number of rotatable bonds is 1. The average Bonchev–Trinajstić information content (AvgIpc) is 2.19. The van der Waals surface area contributed by atoms with Gasteiger partial charge in [-0.2, -0.15) is 0 Å². The molecule has 0 aromatic rings. The Labute approximate surface area is 108 Å². The van der Waals surface area contributed by atoms with Gasteiger partial charge in [-0.15, -0.1) is 0 Å². The van der Waals surface area contributed by atoms with E-state index in [9.17, 15) is 0 Å². The van der Waals surface area contributed by atoms with Gasteiger partial charge in [-0.05, 0) is 26.7 Å². The summed E-state index contributed by atoms with van der Waals surface area (Å²) in [6, 6.07) is 2.31. The van der Waals surface area contributed by atoms with Crippen LogP contribution in [0.3, 0.4) is 0 Å². The summed E-state index contributed by atoms with van der Waals surface area (Å²) >= 11 is 0. The molecule has 2 atom stereocenters. The molecule has 1 aliphatic carbocycles. The standard InChI is InChI=1S/C10H20N2.2C2H6.H2O/c1-8-6-12(7-9(2)11-8)10-4-3-5-10;2*1-2;/h8-11H,3-7H2,1-2H3;2*1-2H3;1H2/t8-,9-;;;/m1.../s1. The van der Waals surface area contributed by atoms with Crippen molar-refractivity contribution in [3.8, 4) is 0 Å². The fraction of sp³-hybridized carbons (Fsp3) is 1.00. The molecule has 0 unspecified atom stereocenters. The molecule has 3 N–H and O–H groups in total. The molecule has 106 valence electrons. The first kappa shape index (κ1) is 19.2. The van der Waals surface area contributed by atoms with E-state index in [1.165, 1.54) is 32.4 Å². The van der Waals surface area contributed by atoms with Crippen molar-refractivity contribution in [3.63, 3.8) is 0 Å². The molecular weight excluding hydrogens is 212 g/mol. The number of nitrogens with one attached hydrogen (secondary N) is 1. The molecule has 0 aromatic carbocycles. The zero-order valence-electron chi connectivity index (χ0n) is 12.7. The molecule has 0 radical (unpaired) electrons. The van der Waals surface area contributed by atoms with Gasteiger partial charge < -0.3 is 10.8 Å². The van der Waals surface area contributed by atoms with E-state index < -0.39 is 0 Å². The highest BCUT2D eigenvalue weighted by Crippen LogP contribution is 2.26. The van der Waals surface area contributed by atoms with Crippen molar-refractivity contribution in [1.82, 2.24) is 10.2 Å². The molecule has 0 spiro atoms. The van der Waals surface area contributed by atoms with Crippen LogP contribution in [-0.4, -0.2) is 41.6 Å². The van der Waals surface area contributed by atoms with Crippen LogP contribution in [0.2, 0.25) is 0 Å². The molecule has 2 aliphatic rings. The van der Waals surface area contributed by atoms with Crippen molar-refractivity contribution in [1.29, 1.82) is 0 Å². The second kappa shape index (κ2) is 11.0. The van der Waals surface area contributed by atoms with Crippen LogP contribution in [0.25, 0.3) is 0 Å². The van der Waals surface area contributed by atoms with Gasteiger partial charge in [-0.3, -0.25) is 4.90 Å². The van der Waals surface area contributed by atoms with Gasteiger partial charge in [0.05, 0.1) is 0 Å². The minimum atomic E-state index is 0. The Hall–Kier alpha value is -0.120. The maximum atomic E-state index is 3.57. The van der Waals surface area contributed by atoms with Crippen molar-refractivity contribution in [3.05, 3.63) is 0 Å². The van der Waals surface area contributed by atoms with E-state index >= 15 is 0 Å². The number of hydrogen-bond acceptors (Lipinski definition) is 2. The van der Waals surface area contributed by atoms with Crippen LogP contribution < -0.4 is 5.32 Å². The Morgan fingerprint density at radius 3 is 1.59 bits per heavy atom. The van der Waals surface area contributed by atoms with Gasteiger partial charge in [0, 0.05) is 31.2 Å². The highest BCUT2D eigenvalue weighted by Gasteiger charge is 2.29. The lowest BCUT2D eigenvalue weighted by atomic mass is 9.90. The highest BCUT2D eigenvalue weighted by atomic mass is 16.0. The lowest BCUT2D eigenvalue weighted by Gasteiger charge is -2.44. The van der Waals surface area contributed by atoms with E-state index in [0.717, 1.165) is 6.04 Å². The Morgan fingerprint density at radius 1 is 0.882 bits per heavy atom. The minimum Gasteiger partial charge on any atom is -0.412 e. The van der Waals surface area contributed by atoms with Crippen molar-refractivity contribution in [2.45, 2.75) is 78.9 Å².